The summed E-state index contributed by atoms with van der Waals surface area (Å²) in [5, 5.41) is 10.2. The van der Waals surface area contributed by atoms with Gasteiger partial charge in [0.2, 0.25) is 0 Å². The lowest BCUT2D eigenvalue weighted by molar-refractivity contribution is 1.60. The standard InChI is InChI=1S/C52H34/c1-2-13-35(14-3-1)36-25-29-38(30-26-36)51-46-21-8-10-23-48(46)52(49-24-11-9-22-47(49)51)39-31-27-37(28-32-39)40-16-12-17-41(33-40)50-34-42-15-4-5-18-43(42)44-19-6-7-20-45(44)50/h1-34H. The highest BCUT2D eigenvalue weighted by molar-refractivity contribution is 6.21. The van der Waals surface area contributed by atoms with Crippen molar-refractivity contribution in [2.45, 2.75) is 0 Å². The van der Waals surface area contributed by atoms with E-state index in [4.69, 9.17) is 0 Å². The van der Waals surface area contributed by atoms with Gasteiger partial charge in [-0.15, -0.1) is 0 Å². The zero-order valence-electron chi connectivity index (χ0n) is 28.6. The molecule has 0 amide bonds. The quantitative estimate of drug-likeness (QED) is 0.128. The van der Waals surface area contributed by atoms with Gasteiger partial charge in [0.15, 0.2) is 0 Å². The maximum atomic E-state index is 2.34. The molecule has 0 fully saturated rings. The molecule has 10 aromatic rings. The van der Waals surface area contributed by atoms with Crippen molar-refractivity contribution in [2.24, 2.45) is 0 Å². The number of hydrogen-bond acceptors (Lipinski definition) is 0. The molecule has 0 nitrogen and oxygen atoms in total. The fourth-order valence-electron chi connectivity index (χ4n) is 8.20. The Balaban J connectivity index is 1.07. The average Bonchev–Trinajstić information content (AvgIpc) is 3.23. The molecule has 0 bridgehead atoms. The van der Waals surface area contributed by atoms with Crippen LogP contribution < -0.4 is 0 Å². The molecule has 0 atom stereocenters. The van der Waals surface area contributed by atoms with Crippen LogP contribution in [0.4, 0.5) is 0 Å². The lowest BCUT2D eigenvalue weighted by atomic mass is 9.85. The Kier molecular flexibility index (Phi) is 7.25. The molecule has 0 radical (unpaired) electrons. The van der Waals surface area contributed by atoms with E-state index in [0.29, 0.717) is 0 Å². The number of hydrogen-bond donors (Lipinski definition) is 0. The number of fused-ring (bicyclic) bond motifs is 5. The van der Waals surface area contributed by atoms with Gasteiger partial charge in [0, 0.05) is 0 Å². The van der Waals surface area contributed by atoms with E-state index in [1.54, 1.807) is 0 Å². The zero-order valence-corrected chi connectivity index (χ0v) is 28.6. The second-order valence-corrected chi connectivity index (χ2v) is 13.6. The van der Waals surface area contributed by atoms with Crippen LogP contribution in [0.1, 0.15) is 0 Å². The highest BCUT2D eigenvalue weighted by Crippen LogP contribution is 2.44. The maximum absolute atomic E-state index is 2.34. The van der Waals surface area contributed by atoms with Crippen molar-refractivity contribution < 1.29 is 0 Å². The van der Waals surface area contributed by atoms with Crippen LogP contribution in [0, 0.1) is 0 Å². The van der Waals surface area contributed by atoms with Gasteiger partial charge in [-0.05, 0) is 111 Å². The molecule has 0 heteroatoms. The molecule has 0 aliphatic heterocycles. The fraction of sp³-hybridized carbons (Fsp3) is 0. The Hall–Kier alpha value is -6.76. The summed E-state index contributed by atoms with van der Waals surface area (Å²) in [6.45, 7) is 0. The molecule has 10 aromatic carbocycles. The first-order chi connectivity index (χ1) is 25.8. The summed E-state index contributed by atoms with van der Waals surface area (Å²) >= 11 is 0. The van der Waals surface area contributed by atoms with Gasteiger partial charge in [-0.3, -0.25) is 0 Å². The molecule has 0 aliphatic rings. The Morgan fingerprint density at radius 2 is 0.577 bits per heavy atom. The van der Waals surface area contributed by atoms with Crippen molar-refractivity contribution in [3.63, 3.8) is 0 Å². The van der Waals surface area contributed by atoms with Crippen molar-refractivity contribution in [1.29, 1.82) is 0 Å². The van der Waals surface area contributed by atoms with Gasteiger partial charge in [-0.25, -0.2) is 0 Å². The lowest BCUT2D eigenvalue weighted by Crippen LogP contribution is -1.91. The van der Waals surface area contributed by atoms with Gasteiger partial charge in [0.05, 0.1) is 0 Å². The summed E-state index contributed by atoms with van der Waals surface area (Å²) in [4.78, 5) is 0. The van der Waals surface area contributed by atoms with E-state index in [9.17, 15) is 0 Å². The Labute approximate surface area is 303 Å². The van der Waals surface area contributed by atoms with E-state index in [2.05, 4.69) is 206 Å². The van der Waals surface area contributed by atoms with Crippen LogP contribution in [-0.4, -0.2) is 0 Å². The largest absolute Gasteiger partial charge is 0.0622 e. The Morgan fingerprint density at radius 3 is 1.15 bits per heavy atom. The molecule has 0 saturated heterocycles. The van der Waals surface area contributed by atoms with Crippen molar-refractivity contribution in [3.8, 4) is 55.6 Å². The molecule has 0 unspecified atom stereocenters. The van der Waals surface area contributed by atoms with Crippen LogP contribution in [0.3, 0.4) is 0 Å². The minimum absolute atomic E-state index is 1.21. The molecule has 0 aliphatic carbocycles. The van der Waals surface area contributed by atoms with Gasteiger partial charge in [-0.2, -0.15) is 0 Å². The molecule has 52 heavy (non-hydrogen) atoms. The summed E-state index contributed by atoms with van der Waals surface area (Å²) in [7, 11) is 0. The average molecular weight is 659 g/mol. The first kappa shape index (κ1) is 30.1. The maximum Gasteiger partial charge on any atom is -0.00264 e. The predicted molar refractivity (Wildman–Crippen MR) is 224 cm³/mol. The van der Waals surface area contributed by atoms with Gasteiger partial charge < -0.3 is 0 Å². The normalized spacial score (nSPS) is 11.5. The number of benzene rings is 10. The number of rotatable bonds is 5. The van der Waals surface area contributed by atoms with Crippen molar-refractivity contribution in [3.05, 3.63) is 206 Å². The van der Waals surface area contributed by atoms with Crippen molar-refractivity contribution >= 4 is 43.1 Å². The van der Waals surface area contributed by atoms with Gasteiger partial charge in [0.1, 0.15) is 0 Å². The first-order valence-corrected chi connectivity index (χ1v) is 18.0. The van der Waals surface area contributed by atoms with Gasteiger partial charge in [0.25, 0.3) is 0 Å². The molecule has 0 aromatic heterocycles. The SMILES string of the molecule is c1ccc(-c2ccc(-c3c4ccccc4c(-c4ccc(-c5cccc(-c6cc7ccccc7c7ccccc67)c5)cc4)c4ccccc34)cc2)cc1. The fourth-order valence-corrected chi connectivity index (χ4v) is 8.20. The van der Waals surface area contributed by atoms with E-state index in [0.717, 1.165) is 0 Å². The molecule has 0 N–H and O–H groups in total. The van der Waals surface area contributed by atoms with E-state index in [1.165, 1.54) is 98.7 Å². The second-order valence-electron chi connectivity index (χ2n) is 13.6. The third-order valence-electron chi connectivity index (χ3n) is 10.7. The third kappa shape index (κ3) is 5.08. The summed E-state index contributed by atoms with van der Waals surface area (Å²) in [6.07, 6.45) is 0. The first-order valence-electron chi connectivity index (χ1n) is 18.0. The van der Waals surface area contributed by atoms with Crippen LogP contribution in [-0.2, 0) is 0 Å². The van der Waals surface area contributed by atoms with Crippen LogP contribution in [0.2, 0.25) is 0 Å². The highest BCUT2D eigenvalue weighted by atomic mass is 14.2. The van der Waals surface area contributed by atoms with Crippen LogP contribution in [0.15, 0.2) is 206 Å². The Bertz CT molecular complexity index is 2860. The summed E-state index contributed by atoms with van der Waals surface area (Å²) in [5.74, 6) is 0. The van der Waals surface area contributed by atoms with E-state index < -0.39 is 0 Å². The zero-order chi connectivity index (χ0) is 34.4. The smallest absolute Gasteiger partial charge is 0.00264 e. The topological polar surface area (TPSA) is 0 Å². The molecule has 10 rings (SSSR count). The Morgan fingerprint density at radius 1 is 0.192 bits per heavy atom. The molecule has 242 valence electrons. The van der Waals surface area contributed by atoms with Gasteiger partial charge in [-0.1, -0.05) is 194 Å². The second kappa shape index (κ2) is 12.5. The molecule has 0 heterocycles. The predicted octanol–water partition coefficient (Wildman–Crippen LogP) is 14.6. The molecule has 0 saturated carbocycles. The molecular formula is C52H34. The summed E-state index contributed by atoms with van der Waals surface area (Å²) in [5.41, 5.74) is 12.4. The third-order valence-corrected chi connectivity index (χ3v) is 10.7. The van der Waals surface area contributed by atoms with E-state index >= 15 is 0 Å². The van der Waals surface area contributed by atoms with Crippen LogP contribution in [0.5, 0.6) is 0 Å². The lowest BCUT2D eigenvalue weighted by Gasteiger charge is -2.18. The molecular weight excluding hydrogens is 625 g/mol. The van der Waals surface area contributed by atoms with E-state index in [1.807, 2.05) is 0 Å². The highest BCUT2D eigenvalue weighted by Gasteiger charge is 2.17. The van der Waals surface area contributed by atoms with Crippen molar-refractivity contribution in [2.75, 3.05) is 0 Å². The van der Waals surface area contributed by atoms with Crippen molar-refractivity contribution in [1.82, 2.24) is 0 Å². The van der Waals surface area contributed by atoms with Gasteiger partial charge >= 0.3 is 0 Å². The van der Waals surface area contributed by atoms with E-state index in [-0.39, 0.29) is 0 Å². The minimum Gasteiger partial charge on any atom is -0.0622 e. The van der Waals surface area contributed by atoms with Crippen LogP contribution >= 0.6 is 0 Å². The summed E-state index contributed by atoms with van der Waals surface area (Å²) in [6, 6.07) is 75.4. The van der Waals surface area contributed by atoms with Crippen LogP contribution in [0.25, 0.3) is 98.7 Å². The minimum atomic E-state index is 1.21. The molecule has 0 spiro atoms. The summed E-state index contributed by atoms with van der Waals surface area (Å²) < 4.78 is 0. The monoisotopic (exact) mass is 658 g/mol.